The molecule has 0 saturated heterocycles. The number of hydrazone groups is 1. The zero-order valence-corrected chi connectivity index (χ0v) is 17.1. The number of nitrogens with zero attached hydrogens (tertiary/aromatic N) is 2. The molecule has 1 aromatic heterocycles. The average molecular weight is 422 g/mol. The Hall–Kier alpha value is -3.38. The molecule has 0 radical (unpaired) electrons. The van der Waals surface area contributed by atoms with Crippen molar-refractivity contribution < 1.29 is 14.0 Å². The van der Waals surface area contributed by atoms with Gasteiger partial charge in [0.2, 0.25) is 0 Å². The van der Waals surface area contributed by atoms with Crippen LogP contribution in [0.4, 0.5) is 5.69 Å². The molecule has 0 bridgehead atoms. The van der Waals surface area contributed by atoms with Gasteiger partial charge in [-0.05, 0) is 48.9 Å². The van der Waals surface area contributed by atoms with Crippen molar-refractivity contribution in [1.82, 2.24) is 5.01 Å². The average Bonchev–Trinajstić information content (AvgIpc) is 3.42. The Morgan fingerprint density at radius 2 is 1.90 bits per heavy atom. The zero-order valence-electron chi connectivity index (χ0n) is 16.3. The van der Waals surface area contributed by atoms with E-state index in [0.717, 1.165) is 11.3 Å². The quantitative estimate of drug-likeness (QED) is 0.573. The molecule has 6 nitrogen and oxygen atoms in total. The van der Waals surface area contributed by atoms with E-state index in [2.05, 4.69) is 10.4 Å². The van der Waals surface area contributed by atoms with Crippen LogP contribution in [0.5, 0.6) is 0 Å². The van der Waals surface area contributed by atoms with Crippen LogP contribution in [0.2, 0.25) is 5.02 Å². The number of furan rings is 1. The van der Waals surface area contributed by atoms with Crippen molar-refractivity contribution in [2.45, 2.75) is 19.4 Å². The second kappa shape index (κ2) is 8.55. The van der Waals surface area contributed by atoms with Crippen LogP contribution in [0.15, 0.2) is 76.4 Å². The van der Waals surface area contributed by atoms with E-state index in [1.54, 1.807) is 42.7 Å². The van der Waals surface area contributed by atoms with Crippen LogP contribution in [0, 0.1) is 0 Å². The van der Waals surface area contributed by atoms with Crippen molar-refractivity contribution in [3.8, 4) is 0 Å². The molecule has 0 spiro atoms. The summed E-state index contributed by atoms with van der Waals surface area (Å²) in [6.07, 6.45) is 2.12. The van der Waals surface area contributed by atoms with Gasteiger partial charge in [-0.25, -0.2) is 5.01 Å². The molecule has 1 N–H and O–H groups in total. The Morgan fingerprint density at radius 1 is 1.13 bits per heavy atom. The first-order valence-corrected chi connectivity index (χ1v) is 9.93. The number of ketones is 1. The van der Waals surface area contributed by atoms with Crippen molar-refractivity contribution in [3.63, 3.8) is 0 Å². The number of hydrogen-bond donors (Lipinski definition) is 1. The van der Waals surface area contributed by atoms with Gasteiger partial charge < -0.3 is 9.73 Å². The summed E-state index contributed by atoms with van der Waals surface area (Å²) in [5.74, 6) is 0.377. The minimum atomic E-state index is -0.331. The van der Waals surface area contributed by atoms with Crippen LogP contribution in [0.3, 0.4) is 0 Å². The van der Waals surface area contributed by atoms with Crippen molar-refractivity contribution in [1.29, 1.82) is 0 Å². The Balaban J connectivity index is 1.56. The van der Waals surface area contributed by atoms with Crippen LogP contribution in [0.1, 0.15) is 41.1 Å². The number of nitrogens with one attached hydrogen (secondary N) is 1. The van der Waals surface area contributed by atoms with Crippen LogP contribution >= 0.6 is 11.6 Å². The molecule has 0 fully saturated rings. The third kappa shape index (κ3) is 4.14. The van der Waals surface area contributed by atoms with Crippen molar-refractivity contribution in [2.24, 2.45) is 5.10 Å². The first-order valence-electron chi connectivity index (χ1n) is 9.55. The summed E-state index contributed by atoms with van der Waals surface area (Å²) in [5.41, 5.74) is 2.85. The van der Waals surface area contributed by atoms with Gasteiger partial charge in [0.1, 0.15) is 11.8 Å². The Morgan fingerprint density at radius 3 is 2.60 bits per heavy atom. The number of carbonyl (C=O) groups excluding carboxylic acids is 2. The van der Waals surface area contributed by atoms with E-state index in [-0.39, 0.29) is 24.3 Å². The third-order valence-corrected chi connectivity index (χ3v) is 5.20. The number of benzene rings is 2. The molecule has 2 aromatic carbocycles. The molecule has 4 rings (SSSR count). The predicted octanol–water partition coefficient (Wildman–Crippen LogP) is 4.93. The standard InChI is InChI=1S/C23H20ClN3O3/c1-15(28)18-5-2-3-6-19(18)25-14-23(29)27-21(22-7-4-12-30-22)13-20(26-27)16-8-10-17(24)11-9-16/h2-12,21,25H,13-14H2,1H3. The Bertz CT molecular complexity index is 1090. The number of hydrogen-bond acceptors (Lipinski definition) is 5. The second-order valence-electron chi connectivity index (χ2n) is 6.98. The lowest BCUT2D eigenvalue weighted by Crippen LogP contribution is -2.32. The van der Waals surface area contributed by atoms with Gasteiger partial charge in [0, 0.05) is 22.7 Å². The fraction of sp³-hybridized carbons (Fsp3) is 0.174. The lowest BCUT2D eigenvalue weighted by molar-refractivity contribution is -0.131. The second-order valence-corrected chi connectivity index (χ2v) is 7.42. The molecule has 2 heterocycles. The Labute approximate surface area is 179 Å². The van der Waals surface area contributed by atoms with E-state index < -0.39 is 0 Å². The summed E-state index contributed by atoms with van der Waals surface area (Å²) in [6, 6.07) is 17.8. The summed E-state index contributed by atoms with van der Waals surface area (Å²) in [7, 11) is 0. The fourth-order valence-electron chi connectivity index (χ4n) is 3.46. The molecular weight excluding hydrogens is 402 g/mol. The highest BCUT2D eigenvalue weighted by Crippen LogP contribution is 2.33. The number of carbonyl (C=O) groups is 2. The van der Waals surface area contributed by atoms with E-state index in [1.165, 1.54) is 11.9 Å². The molecule has 0 saturated carbocycles. The van der Waals surface area contributed by atoms with Crippen molar-refractivity contribution >= 4 is 34.7 Å². The van der Waals surface area contributed by atoms with Gasteiger partial charge in [-0.2, -0.15) is 5.10 Å². The summed E-state index contributed by atoms with van der Waals surface area (Å²) in [5, 5.41) is 9.75. The molecule has 1 aliphatic rings. The lowest BCUT2D eigenvalue weighted by Gasteiger charge is -2.20. The van der Waals surface area contributed by atoms with Crippen LogP contribution in [0.25, 0.3) is 0 Å². The van der Waals surface area contributed by atoms with E-state index in [4.69, 9.17) is 16.0 Å². The number of rotatable bonds is 6. The summed E-state index contributed by atoms with van der Waals surface area (Å²) in [4.78, 5) is 24.9. The van der Waals surface area contributed by atoms with Gasteiger partial charge in [-0.15, -0.1) is 0 Å². The molecule has 152 valence electrons. The van der Waals surface area contributed by atoms with Gasteiger partial charge in [-0.3, -0.25) is 9.59 Å². The van der Waals surface area contributed by atoms with Gasteiger partial charge in [-0.1, -0.05) is 35.9 Å². The number of halogens is 1. The van der Waals surface area contributed by atoms with Crippen LogP contribution in [-0.2, 0) is 4.79 Å². The smallest absolute Gasteiger partial charge is 0.262 e. The molecule has 1 unspecified atom stereocenters. The fourth-order valence-corrected chi connectivity index (χ4v) is 3.58. The molecule has 30 heavy (non-hydrogen) atoms. The molecule has 7 heteroatoms. The maximum atomic E-state index is 13.0. The summed E-state index contributed by atoms with van der Waals surface area (Å²) < 4.78 is 5.56. The molecule has 1 aliphatic heterocycles. The van der Waals surface area contributed by atoms with E-state index in [0.29, 0.717) is 28.5 Å². The van der Waals surface area contributed by atoms with Gasteiger partial charge in [0.25, 0.3) is 5.91 Å². The summed E-state index contributed by atoms with van der Waals surface area (Å²) >= 11 is 5.99. The molecule has 1 atom stereocenters. The predicted molar refractivity (Wildman–Crippen MR) is 116 cm³/mol. The van der Waals surface area contributed by atoms with E-state index in [9.17, 15) is 9.59 Å². The monoisotopic (exact) mass is 421 g/mol. The van der Waals surface area contributed by atoms with E-state index in [1.807, 2.05) is 24.3 Å². The van der Waals surface area contributed by atoms with E-state index >= 15 is 0 Å². The highest BCUT2D eigenvalue weighted by Gasteiger charge is 2.34. The van der Waals surface area contributed by atoms with Crippen molar-refractivity contribution in [3.05, 3.63) is 88.8 Å². The largest absolute Gasteiger partial charge is 0.467 e. The molecule has 1 amide bonds. The van der Waals surface area contributed by atoms with Crippen LogP contribution < -0.4 is 5.32 Å². The van der Waals surface area contributed by atoms with Gasteiger partial charge >= 0.3 is 0 Å². The maximum absolute atomic E-state index is 13.0. The first-order chi connectivity index (χ1) is 14.5. The molecular formula is C23H20ClN3O3. The first kappa shape index (κ1) is 19.9. The SMILES string of the molecule is CC(=O)c1ccccc1NCC(=O)N1N=C(c2ccc(Cl)cc2)CC1c1ccco1. The highest BCUT2D eigenvalue weighted by atomic mass is 35.5. The maximum Gasteiger partial charge on any atom is 0.262 e. The van der Waals surface area contributed by atoms with Crippen molar-refractivity contribution in [2.75, 3.05) is 11.9 Å². The zero-order chi connectivity index (χ0) is 21.1. The third-order valence-electron chi connectivity index (χ3n) is 4.95. The minimum Gasteiger partial charge on any atom is -0.467 e. The molecule has 3 aromatic rings. The van der Waals surface area contributed by atoms with Gasteiger partial charge in [0.15, 0.2) is 5.78 Å². The Kier molecular flexibility index (Phi) is 5.68. The minimum absolute atomic E-state index is 0.00109. The topological polar surface area (TPSA) is 74.9 Å². The van der Waals surface area contributed by atoms with Crippen LogP contribution in [-0.4, -0.2) is 29.0 Å². The lowest BCUT2D eigenvalue weighted by atomic mass is 10.0. The number of amides is 1. The molecule has 0 aliphatic carbocycles. The number of Topliss-reactive ketones (excluding diaryl/α,β-unsaturated/α-hetero) is 1. The normalized spacial score (nSPS) is 15.7. The van der Waals surface area contributed by atoms with Gasteiger partial charge in [0.05, 0.1) is 18.5 Å². The number of para-hydroxylation sites is 1. The summed E-state index contributed by atoms with van der Waals surface area (Å²) in [6.45, 7) is 1.50. The highest BCUT2D eigenvalue weighted by molar-refractivity contribution is 6.30. The number of anilines is 1.